The molecular formula is C23H24F2. The lowest BCUT2D eigenvalue weighted by atomic mass is 9.72. The molecule has 0 bridgehead atoms. The van der Waals surface area contributed by atoms with E-state index in [0.29, 0.717) is 18.4 Å². The second-order valence-corrected chi connectivity index (χ2v) is 6.74. The summed E-state index contributed by atoms with van der Waals surface area (Å²) in [5.74, 6) is -0.634. The van der Waals surface area contributed by atoms with Gasteiger partial charge in [0.25, 0.3) is 0 Å². The largest absolute Gasteiger partial charge is 0.239 e. The van der Waals surface area contributed by atoms with Crippen LogP contribution in [0.1, 0.15) is 38.7 Å². The van der Waals surface area contributed by atoms with Crippen LogP contribution in [0.5, 0.6) is 0 Å². The van der Waals surface area contributed by atoms with E-state index in [2.05, 4.69) is 0 Å². The van der Waals surface area contributed by atoms with E-state index in [9.17, 15) is 8.78 Å². The van der Waals surface area contributed by atoms with E-state index >= 15 is 0 Å². The number of benzene rings is 2. The average Bonchev–Trinajstić information content (AvgIpc) is 2.67. The molecule has 0 aromatic heterocycles. The van der Waals surface area contributed by atoms with Crippen molar-refractivity contribution in [1.29, 1.82) is 0 Å². The van der Waals surface area contributed by atoms with Gasteiger partial charge >= 0.3 is 0 Å². The van der Waals surface area contributed by atoms with E-state index in [1.165, 1.54) is 0 Å². The number of hydrogen-bond acceptors (Lipinski definition) is 0. The third-order valence-corrected chi connectivity index (χ3v) is 5.24. The quantitative estimate of drug-likeness (QED) is 0.543. The van der Waals surface area contributed by atoms with Gasteiger partial charge in [0.2, 0.25) is 0 Å². The van der Waals surface area contributed by atoms with Gasteiger partial charge in [-0.05, 0) is 29.5 Å². The van der Waals surface area contributed by atoms with Gasteiger partial charge in [-0.3, -0.25) is 0 Å². The van der Waals surface area contributed by atoms with Crippen molar-refractivity contribution in [3.05, 3.63) is 78.1 Å². The Bertz CT molecular complexity index is 771. The second kappa shape index (κ2) is 7.35. The fourth-order valence-electron chi connectivity index (χ4n) is 3.66. The molecule has 0 heterocycles. The Balaban J connectivity index is 1.91. The third-order valence-electron chi connectivity index (χ3n) is 5.24. The molecule has 1 aliphatic rings. The maximum atomic E-state index is 14.9. The van der Waals surface area contributed by atoms with Gasteiger partial charge < -0.3 is 0 Å². The number of halogens is 2. The van der Waals surface area contributed by atoms with Crippen LogP contribution >= 0.6 is 0 Å². The lowest BCUT2D eigenvalue weighted by Gasteiger charge is -2.35. The molecule has 0 aliphatic heterocycles. The van der Waals surface area contributed by atoms with Crippen LogP contribution in [0.25, 0.3) is 16.7 Å². The Hall–Kier alpha value is -2.22. The number of rotatable bonds is 5. The normalized spacial score (nSPS) is 23.1. The van der Waals surface area contributed by atoms with Gasteiger partial charge in [-0.25, -0.2) is 8.78 Å². The molecule has 130 valence electrons. The highest BCUT2D eigenvalue weighted by Gasteiger charge is 2.41. The van der Waals surface area contributed by atoms with Crippen molar-refractivity contribution >= 4 is 5.57 Å². The SMILES string of the molecule is CCCC1(CC)C=CC(c2ccc(-c3ccccc3)cc2)=C(F)C1F. The summed E-state index contributed by atoms with van der Waals surface area (Å²) in [5, 5.41) is 0. The summed E-state index contributed by atoms with van der Waals surface area (Å²) in [6, 6.07) is 17.7. The first-order chi connectivity index (χ1) is 12.1. The number of hydrogen-bond donors (Lipinski definition) is 0. The number of alkyl halides is 1. The topological polar surface area (TPSA) is 0 Å². The molecule has 0 radical (unpaired) electrons. The van der Waals surface area contributed by atoms with E-state index in [4.69, 9.17) is 0 Å². The maximum absolute atomic E-state index is 14.9. The summed E-state index contributed by atoms with van der Waals surface area (Å²) < 4.78 is 29.7. The molecule has 25 heavy (non-hydrogen) atoms. The molecule has 0 amide bonds. The van der Waals surface area contributed by atoms with Crippen LogP contribution < -0.4 is 0 Å². The van der Waals surface area contributed by atoms with Crippen molar-refractivity contribution in [2.75, 3.05) is 0 Å². The van der Waals surface area contributed by atoms with E-state index in [0.717, 1.165) is 23.1 Å². The first kappa shape index (κ1) is 17.6. The van der Waals surface area contributed by atoms with Gasteiger partial charge in [0.05, 0.1) is 0 Å². The molecule has 2 atom stereocenters. The van der Waals surface area contributed by atoms with Crippen molar-refractivity contribution < 1.29 is 8.78 Å². The molecule has 2 unspecified atom stereocenters. The third kappa shape index (κ3) is 3.30. The Labute approximate surface area is 148 Å². The van der Waals surface area contributed by atoms with Gasteiger partial charge in [0, 0.05) is 11.0 Å². The van der Waals surface area contributed by atoms with Gasteiger partial charge in [0.1, 0.15) is 5.83 Å². The molecule has 0 saturated carbocycles. The predicted octanol–water partition coefficient (Wildman–Crippen LogP) is 7.14. The van der Waals surface area contributed by atoms with E-state index in [1.54, 1.807) is 6.08 Å². The molecule has 0 N–H and O–H groups in total. The first-order valence-corrected chi connectivity index (χ1v) is 9.00. The highest BCUT2D eigenvalue weighted by molar-refractivity contribution is 5.79. The van der Waals surface area contributed by atoms with Crippen molar-refractivity contribution in [3.63, 3.8) is 0 Å². The summed E-state index contributed by atoms with van der Waals surface area (Å²) in [6.45, 7) is 3.94. The zero-order chi connectivity index (χ0) is 17.9. The van der Waals surface area contributed by atoms with E-state index in [-0.39, 0.29) is 0 Å². The molecule has 3 rings (SSSR count). The smallest absolute Gasteiger partial charge is 0.161 e. The van der Waals surface area contributed by atoms with Crippen LogP contribution in [0, 0.1) is 5.41 Å². The van der Waals surface area contributed by atoms with Crippen LogP contribution in [-0.2, 0) is 0 Å². The first-order valence-electron chi connectivity index (χ1n) is 9.00. The van der Waals surface area contributed by atoms with Crippen LogP contribution in [-0.4, -0.2) is 6.17 Å². The fourth-order valence-corrected chi connectivity index (χ4v) is 3.66. The van der Waals surface area contributed by atoms with Crippen molar-refractivity contribution in [1.82, 2.24) is 0 Å². The lowest BCUT2D eigenvalue weighted by Crippen LogP contribution is -2.32. The minimum Gasteiger partial charge on any atom is -0.239 e. The average molecular weight is 338 g/mol. The van der Waals surface area contributed by atoms with Crippen LogP contribution in [0.4, 0.5) is 8.78 Å². The van der Waals surface area contributed by atoms with Crippen molar-refractivity contribution in [2.45, 2.75) is 39.3 Å². The predicted molar refractivity (Wildman–Crippen MR) is 102 cm³/mol. The highest BCUT2D eigenvalue weighted by atomic mass is 19.2. The summed E-state index contributed by atoms with van der Waals surface area (Å²) in [7, 11) is 0. The fraction of sp³-hybridized carbons (Fsp3) is 0.304. The molecule has 2 heteroatoms. The van der Waals surface area contributed by atoms with E-state index < -0.39 is 17.4 Å². The molecule has 0 spiro atoms. The zero-order valence-corrected chi connectivity index (χ0v) is 14.8. The second-order valence-electron chi connectivity index (χ2n) is 6.74. The Morgan fingerprint density at radius 3 is 2.08 bits per heavy atom. The summed E-state index contributed by atoms with van der Waals surface area (Å²) >= 11 is 0. The van der Waals surface area contributed by atoms with Gasteiger partial charge in [-0.1, -0.05) is 87.0 Å². The van der Waals surface area contributed by atoms with Crippen LogP contribution in [0.3, 0.4) is 0 Å². The molecule has 1 aliphatic carbocycles. The standard InChI is InChI=1S/C23H24F2/c1-3-15-23(4-2)16-14-20(21(24)22(23)25)19-12-10-18(11-13-19)17-8-6-5-7-9-17/h5-14,16,22H,3-4,15H2,1-2H3. The molecule has 2 aromatic carbocycles. The minimum atomic E-state index is -1.56. The zero-order valence-electron chi connectivity index (χ0n) is 14.8. The molecule has 0 nitrogen and oxygen atoms in total. The Morgan fingerprint density at radius 1 is 0.880 bits per heavy atom. The van der Waals surface area contributed by atoms with Gasteiger partial charge in [-0.15, -0.1) is 0 Å². The van der Waals surface area contributed by atoms with Crippen LogP contribution in [0.15, 0.2) is 72.6 Å². The van der Waals surface area contributed by atoms with E-state index in [1.807, 2.05) is 74.5 Å². The van der Waals surface area contributed by atoms with Gasteiger partial charge in [0.15, 0.2) is 6.17 Å². The lowest BCUT2D eigenvalue weighted by molar-refractivity contribution is 0.143. The molecule has 0 saturated heterocycles. The summed E-state index contributed by atoms with van der Waals surface area (Å²) in [6.07, 6.45) is 4.19. The van der Waals surface area contributed by atoms with Gasteiger partial charge in [-0.2, -0.15) is 0 Å². The maximum Gasteiger partial charge on any atom is 0.161 e. The molecule has 2 aromatic rings. The summed E-state index contributed by atoms with van der Waals surface area (Å²) in [5.41, 5.74) is 2.56. The van der Waals surface area contributed by atoms with Crippen molar-refractivity contribution in [2.24, 2.45) is 5.41 Å². The van der Waals surface area contributed by atoms with Crippen molar-refractivity contribution in [3.8, 4) is 11.1 Å². The molecular weight excluding hydrogens is 314 g/mol. The molecule has 0 fully saturated rings. The minimum absolute atomic E-state index is 0.368. The highest BCUT2D eigenvalue weighted by Crippen LogP contribution is 2.45. The Morgan fingerprint density at radius 2 is 1.48 bits per heavy atom. The van der Waals surface area contributed by atoms with Crippen LogP contribution in [0.2, 0.25) is 0 Å². The number of allylic oxidation sites excluding steroid dienone is 4. The monoisotopic (exact) mass is 338 g/mol. The Kier molecular flexibility index (Phi) is 5.17. The summed E-state index contributed by atoms with van der Waals surface area (Å²) in [4.78, 5) is 0.